The minimum absolute atomic E-state index is 0.0358. The number of hydrogen-bond acceptors (Lipinski definition) is 4. The van der Waals surface area contributed by atoms with E-state index in [0.29, 0.717) is 13.2 Å². The third kappa shape index (κ3) is 4.22. The second-order valence-electron chi connectivity index (χ2n) is 5.10. The molecule has 19 heavy (non-hydrogen) atoms. The van der Waals surface area contributed by atoms with Gasteiger partial charge in [0, 0.05) is 12.2 Å². The number of carbonyl (C=O) groups is 1. The van der Waals surface area contributed by atoms with E-state index in [1.54, 1.807) is 0 Å². The normalized spacial score (nSPS) is 21.3. The zero-order valence-corrected chi connectivity index (χ0v) is 11.2. The van der Waals surface area contributed by atoms with E-state index in [1.165, 1.54) is 0 Å². The van der Waals surface area contributed by atoms with Crippen LogP contribution in [0.2, 0.25) is 0 Å². The summed E-state index contributed by atoms with van der Waals surface area (Å²) in [6, 6.07) is 7.37. The van der Waals surface area contributed by atoms with E-state index in [1.807, 2.05) is 38.1 Å². The van der Waals surface area contributed by atoms with Crippen LogP contribution in [0.4, 0.5) is 5.69 Å². The highest BCUT2D eigenvalue weighted by molar-refractivity contribution is 5.70. The molecular formula is C14H19NO4. The molecule has 0 radical (unpaired) electrons. The Morgan fingerprint density at radius 3 is 2.63 bits per heavy atom. The highest BCUT2D eigenvalue weighted by Crippen LogP contribution is 2.22. The number of benzene rings is 1. The van der Waals surface area contributed by atoms with Gasteiger partial charge < -0.3 is 19.9 Å². The van der Waals surface area contributed by atoms with Crippen molar-refractivity contribution < 1.29 is 19.4 Å². The van der Waals surface area contributed by atoms with Gasteiger partial charge in [0.15, 0.2) is 5.79 Å². The Morgan fingerprint density at radius 2 is 2.11 bits per heavy atom. The van der Waals surface area contributed by atoms with Crippen LogP contribution < -0.4 is 5.32 Å². The third-order valence-electron chi connectivity index (χ3n) is 2.91. The van der Waals surface area contributed by atoms with Crippen molar-refractivity contribution in [2.24, 2.45) is 0 Å². The molecule has 0 amide bonds. The van der Waals surface area contributed by atoms with E-state index in [4.69, 9.17) is 14.6 Å². The van der Waals surface area contributed by atoms with Crippen molar-refractivity contribution in [3.8, 4) is 0 Å². The first-order valence-corrected chi connectivity index (χ1v) is 6.31. The molecule has 2 rings (SSSR count). The zero-order valence-electron chi connectivity index (χ0n) is 11.2. The SMILES string of the molecule is CC1(C)OC[C@@H](CNc2ccc(CC(=O)O)cc2)O1. The first-order chi connectivity index (χ1) is 8.94. The Kier molecular flexibility index (Phi) is 4.07. The molecule has 1 aliphatic heterocycles. The van der Waals surface area contributed by atoms with Crippen LogP contribution in [0.1, 0.15) is 19.4 Å². The average molecular weight is 265 g/mol. The molecule has 0 aromatic heterocycles. The van der Waals surface area contributed by atoms with Crippen molar-refractivity contribution >= 4 is 11.7 Å². The highest BCUT2D eigenvalue weighted by Gasteiger charge is 2.32. The minimum atomic E-state index is -0.820. The van der Waals surface area contributed by atoms with E-state index in [-0.39, 0.29) is 12.5 Å². The van der Waals surface area contributed by atoms with Gasteiger partial charge in [-0.05, 0) is 31.5 Å². The first-order valence-electron chi connectivity index (χ1n) is 6.31. The van der Waals surface area contributed by atoms with E-state index >= 15 is 0 Å². The molecule has 1 heterocycles. The van der Waals surface area contributed by atoms with Crippen LogP contribution in [0.3, 0.4) is 0 Å². The van der Waals surface area contributed by atoms with E-state index in [2.05, 4.69) is 5.32 Å². The summed E-state index contributed by atoms with van der Waals surface area (Å²) in [5, 5.41) is 11.9. The predicted octanol–water partition coefficient (Wildman–Crippen LogP) is 1.88. The van der Waals surface area contributed by atoms with Gasteiger partial charge in [-0.2, -0.15) is 0 Å². The highest BCUT2D eigenvalue weighted by atomic mass is 16.7. The van der Waals surface area contributed by atoms with Crippen molar-refractivity contribution in [2.45, 2.75) is 32.2 Å². The quantitative estimate of drug-likeness (QED) is 0.850. The Bertz CT molecular complexity index is 441. The Hall–Kier alpha value is -1.59. The maximum absolute atomic E-state index is 10.6. The number of anilines is 1. The lowest BCUT2D eigenvalue weighted by Gasteiger charge is -2.17. The largest absolute Gasteiger partial charge is 0.481 e. The smallest absolute Gasteiger partial charge is 0.307 e. The third-order valence-corrected chi connectivity index (χ3v) is 2.91. The molecule has 5 heteroatoms. The number of aliphatic carboxylic acids is 1. The van der Waals surface area contributed by atoms with Gasteiger partial charge >= 0.3 is 5.97 Å². The summed E-state index contributed by atoms with van der Waals surface area (Å²) in [6.45, 7) is 5.04. The Morgan fingerprint density at radius 1 is 1.42 bits per heavy atom. The van der Waals surface area contributed by atoms with Gasteiger partial charge in [0.2, 0.25) is 0 Å². The van der Waals surface area contributed by atoms with Crippen molar-refractivity contribution in [3.05, 3.63) is 29.8 Å². The number of ether oxygens (including phenoxy) is 2. The van der Waals surface area contributed by atoms with Crippen LogP contribution in [0, 0.1) is 0 Å². The summed E-state index contributed by atoms with van der Waals surface area (Å²) < 4.78 is 11.2. The van der Waals surface area contributed by atoms with Crippen molar-refractivity contribution in [3.63, 3.8) is 0 Å². The number of carboxylic acid groups (broad SMARTS) is 1. The van der Waals surface area contributed by atoms with E-state index in [9.17, 15) is 4.79 Å². The molecule has 1 aromatic rings. The molecule has 1 aliphatic rings. The fourth-order valence-corrected chi connectivity index (χ4v) is 2.01. The van der Waals surface area contributed by atoms with Crippen molar-refractivity contribution in [1.29, 1.82) is 0 Å². The fraction of sp³-hybridized carbons (Fsp3) is 0.500. The number of rotatable bonds is 5. The molecular weight excluding hydrogens is 246 g/mol. The molecule has 0 saturated carbocycles. The lowest BCUT2D eigenvalue weighted by atomic mass is 10.1. The second-order valence-corrected chi connectivity index (χ2v) is 5.10. The summed E-state index contributed by atoms with van der Waals surface area (Å²) in [4.78, 5) is 10.6. The molecule has 1 saturated heterocycles. The maximum atomic E-state index is 10.6. The summed E-state index contributed by atoms with van der Waals surface area (Å²) in [7, 11) is 0. The summed E-state index contributed by atoms with van der Waals surface area (Å²) in [5.74, 6) is -1.32. The first kappa shape index (κ1) is 13.8. The average Bonchev–Trinajstić information content (AvgIpc) is 2.67. The Balaban J connectivity index is 1.82. The van der Waals surface area contributed by atoms with Gasteiger partial charge in [-0.1, -0.05) is 12.1 Å². The second kappa shape index (κ2) is 5.59. The monoisotopic (exact) mass is 265 g/mol. The van der Waals surface area contributed by atoms with Crippen molar-refractivity contribution in [1.82, 2.24) is 0 Å². The standard InChI is InChI=1S/C14H19NO4/c1-14(2)18-9-12(19-14)8-15-11-5-3-10(4-6-11)7-13(16)17/h3-6,12,15H,7-9H2,1-2H3,(H,16,17)/t12-/m1/s1. The number of hydrogen-bond donors (Lipinski definition) is 2. The van der Waals surface area contributed by atoms with Gasteiger partial charge in [-0.25, -0.2) is 0 Å². The van der Waals surface area contributed by atoms with Crippen molar-refractivity contribution in [2.75, 3.05) is 18.5 Å². The van der Waals surface area contributed by atoms with E-state index in [0.717, 1.165) is 11.3 Å². The topological polar surface area (TPSA) is 67.8 Å². The molecule has 1 atom stereocenters. The van der Waals surface area contributed by atoms with Gasteiger partial charge in [0.25, 0.3) is 0 Å². The molecule has 104 valence electrons. The number of nitrogens with one attached hydrogen (secondary N) is 1. The molecule has 0 spiro atoms. The van der Waals surface area contributed by atoms with Crippen LogP contribution in [-0.2, 0) is 20.7 Å². The van der Waals surface area contributed by atoms with Crippen LogP contribution in [-0.4, -0.2) is 36.1 Å². The number of carboxylic acids is 1. The van der Waals surface area contributed by atoms with E-state index < -0.39 is 11.8 Å². The molecule has 5 nitrogen and oxygen atoms in total. The predicted molar refractivity (Wildman–Crippen MR) is 71.2 cm³/mol. The maximum Gasteiger partial charge on any atom is 0.307 e. The Labute approximate surface area is 112 Å². The molecule has 1 fully saturated rings. The minimum Gasteiger partial charge on any atom is -0.481 e. The molecule has 1 aromatic carbocycles. The molecule has 2 N–H and O–H groups in total. The van der Waals surface area contributed by atoms with Gasteiger partial charge in [-0.15, -0.1) is 0 Å². The molecule has 0 bridgehead atoms. The summed E-state index contributed by atoms with van der Waals surface area (Å²) in [6.07, 6.45) is 0.0855. The lowest BCUT2D eigenvalue weighted by Crippen LogP contribution is -2.25. The summed E-state index contributed by atoms with van der Waals surface area (Å²) >= 11 is 0. The fourth-order valence-electron chi connectivity index (χ4n) is 2.01. The van der Waals surface area contributed by atoms with Gasteiger partial charge in [0.1, 0.15) is 6.10 Å². The summed E-state index contributed by atoms with van der Waals surface area (Å²) in [5.41, 5.74) is 1.74. The van der Waals surface area contributed by atoms with Gasteiger partial charge in [-0.3, -0.25) is 4.79 Å². The van der Waals surface area contributed by atoms with Gasteiger partial charge in [0.05, 0.1) is 13.0 Å². The van der Waals surface area contributed by atoms with Crippen LogP contribution in [0.5, 0.6) is 0 Å². The van der Waals surface area contributed by atoms with Crippen LogP contribution in [0.15, 0.2) is 24.3 Å². The van der Waals surface area contributed by atoms with Crippen LogP contribution in [0.25, 0.3) is 0 Å². The molecule has 0 unspecified atom stereocenters. The molecule has 0 aliphatic carbocycles. The lowest BCUT2D eigenvalue weighted by molar-refractivity contribution is -0.137. The van der Waals surface area contributed by atoms with Crippen LogP contribution >= 0.6 is 0 Å². The zero-order chi connectivity index (χ0) is 13.9.